The Balaban J connectivity index is 1.26. The molecule has 0 atom stereocenters. The Morgan fingerprint density at radius 3 is 1.75 bits per heavy atom. The van der Waals surface area contributed by atoms with E-state index in [9.17, 15) is 16.4 Å². The topological polar surface area (TPSA) is 23.0 Å². The first-order chi connectivity index (χ1) is 38.7. The summed E-state index contributed by atoms with van der Waals surface area (Å²) in [5.41, 5.74) is -5.04. The zero-order valence-electron chi connectivity index (χ0n) is 54.0. The molecule has 3 heterocycles. The molecule has 12 aromatic rings. The van der Waals surface area contributed by atoms with Crippen LogP contribution in [-0.4, -0.2) is 9.13 Å². The molecule has 3 heteroatoms. The zero-order chi connectivity index (χ0) is 59.2. The van der Waals surface area contributed by atoms with Gasteiger partial charge in [-0.3, -0.25) is 0 Å². The van der Waals surface area contributed by atoms with Crippen LogP contribution in [0.3, 0.4) is 0 Å². The minimum Gasteiger partial charge on any atom is -0.456 e. The number of nitrogens with zero attached hydrogens (tertiary/aromatic N) is 2. The fourth-order valence-corrected chi connectivity index (χ4v) is 7.43. The molecule has 0 radical (unpaired) electrons. The van der Waals surface area contributed by atoms with Crippen molar-refractivity contribution in [2.75, 3.05) is 0 Å². The molecule has 0 spiro atoms. The first-order valence-electron chi connectivity index (χ1n) is 30.0. The van der Waals surface area contributed by atoms with Crippen LogP contribution in [-0.2, 0) is 0 Å². The maximum absolute atomic E-state index is 10.1. The minimum absolute atomic E-state index is 0.00850. The van der Waals surface area contributed by atoms with Gasteiger partial charge in [-0.1, -0.05) is 145 Å². The summed E-state index contributed by atoms with van der Waals surface area (Å²) in [6, 6.07) is -5.76. The molecule has 0 aliphatic heterocycles. The summed E-state index contributed by atoms with van der Waals surface area (Å²) in [5, 5.41) is -1.15. The summed E-state index contributed by atoms with van der Waals surface area (Å²) < 4.78 is 237. The van der Waals surface area contributed by atoms with Gasteiger partial charge >= 0.3 is 0 Å². The van der Waals surface area contributed by atoms with E-state index in [1.807, 2.05) is 0 Å². The Hall–Kier alpha value is -7.62. The Kier molecular flexibility index (Phi) is 3.46. The number of para-hydroxylation sites is 4. The molecule has 0 aliphatic rings. The number of benzene rings is 9. The van der Waals surface area contributed by atoms with E-state index in [0.29, 0.717) is 21.9 Å². The highest BCUT2D eigenvalue weighted by Crippen LogP contribution is 2.43. The van der Waals surface area contributed by atoms with Gasteiger partial charge in [0.2, 0.25) is 0 Å². The summed E-state index contributed by atoms with van der Waals surface area (Å²) in [6.07, 6.45) is 0. The van der Waals surface area contributed by atoms with Gasteiger partial charge in [0.15, 0.2) is 0 Å². The fourth-order valence-electron chi connectivity index (χ4n) is 7.43. The molecule has 0 saturated heterocycles. The van der Waals surface area contributed by atoms with Gasteiger partial charge in [-0.2, -0.15) is 0 Å². The molecule has 0 saturated carbocycles. The average molecular weight is 752 g/mol. The predicted molar refractivity (Wildman–Crippen MR) is 239 cm³/mol. The number of hydrogen-bond donors (Lipinski definition) is 0. The van der Waals surface area contributed by atoms with Crippen molar-refractivity contribution >= 4 is 65.6 Å². The molecule has 0 aliphatic carbocycles. The van der Waals surface area contributed by atoms with Gasteiger partial charge in [-0.15, -0.1) is 0 Å². The Labute approximate surface area is 364 Å². The molecule has 0 N–H and O–H groups in total. The van der Waals surface area contributed by atoms with Crippen LogP contribution in [0.1, 0.15) is 34.3 Å². The molecule has 0 bridgehead atoms. The molecule has 0 amide bonds. The average Bonchev–Trinajstić information content (AvgIpc) is 4.20. The van der Waals surface area contributed by atoms with E-state index in [2.05, 4.69) is 0 Å². The van der Waals surface area contributed by atoms with E-state index in [0.717, 1.165) is 9.13 Å². The van der Waals surface area contributed by atoms with Crippen LogP contribution < -0.4 is 0 Å². The number of aromatic nitrogens is 2. The van der Waals surface area contributed by atoms with Crippen LogP contribution in [0.5, 0.6) is 0 Å². The zero-order valence-corrected chi connectivity index (χ0v) is 29.0. The molecular formula is C54H34N2O. The normalized spacial score (nSPS) is 18.0. The van der Waals surface area contributed by atoms with E-state index < -0.39 is 205 Å². The molecule has 0 unspecified atom stereocenters. The summed E-state index contributed by atoms with van der Waals surface area (Å²) in [4.78, 5) is 0. The Morgan fingerprint density at radius 2 is 1.00 bits per heavy atom. The van der Waals surface area contributed by atoms with Crippen molar-refractivity contribution in [2.45, 2.75) is 0 Å². The molecule has 3 aromatic heterocycles. The van der Waals surface area contributed by atoms with Crippen LogP contribution in [0.15, 0.2) is 210 Å². The van der Waals surface area contributed by atoms with E-state index in [1.54, 1.807) is 42.5 Å². The molecule has 57 heavy (non-hydrogen) atoms. The standard InChI is InChI=1S/C54H34N2O/c1-3-15-35(16-4-1)40-19-7-11-23-47(40)56-49-25-13-9-21-42(49)46-32-38(28-30-51(46)56)37-27-29-50-45(31-37)41-20-8-12-24-48(41)55(50)39-33-44(36-17-5-2-6-18-36)54-43-22-10-14-26-52(43)57-53(54)34-39/h1-34H/i1D,3D,4D,7D,8D,9D,11D,12D,13D,15D,16D,19D,20D,21D,23D,24D,25D,26D,27D,28D,29D,30D,31D,32D,34D. The van der Waals surface area contributed by atoms with Gasteiger partial charge in [0.25, 0.3) is 0 Å². The Morgan fingerprint density at radius 1 is 0.386 bits per heavy atom. The molecular weight excluding hydrogens is 693 g/mol. The van der Waals surface area contributed by atoms with E-state index in [4.69, 9.17) is 22.2 Å². The Bertz CT molecular complexity index is 4960. The highest BCUT2D eigenvalue weighted by atomic mass is 16.3. The van der Waals surface area contributed by atoms with E-state index in [-0.39, 0.29) is 34.5 Å². The predicted octanol–water partition coefficient (Wildman–Crippen LogP) is 14.8. The first-order valence-corrected chi connectivity index (χ1v) is 17.5. The van der Waals surface area contributed by atoms with Crippen LogP contribution in [0.4, 0.5) is 0 Å². The van der Waals surface area contributed by atoms with Crippen molar-refractivity contribution in [3.8, 4) is 44.8 Å². The molecule has 12 rings (SSSR count). The summed E-state index contributed by atoms with van der Waals surface area (Å²) in [6.45, 7) is 0. The number of furan rings is 1. The van der Waals surface area contributed by atoms with Crippen molar-refractivity contribution < 1.29 is 38.7 Å². The third-order valence-corrected chi connectivity index (χ3v) is 9.84. The maximum atomic E-state index is 10.1. The lowest BCUT2D eigenvalue weighted by Gasteiger charge is -2.14. The number of rotatable bonds is 5. The van der Waals surface area contributed by atoms with Crippen molar-refractivity contribution in [2.24, 2.45) is 0 Å². The van der Waals surface area contributed by atoms with Crippen molar-refractivity contribution in [3.63, 3.8) is 0 Å². The lowest BCUT2D eigenvalue weighted by molar-refractivity contribution is 0.668. The lowest BCUT2D eigenvalue weighted by Crippen LogP contribution is -1.97. The molecule has 0 fully saturated rings. The van der Waals surface area contributed by atoms with E-state index in [1.165, 1.54) is 12.1 Å². The lowest BCUT2D eigenvalue weighted by atomic mass is 9.98. The molecule has 266 valence electrons. The third-order valence-electron chi connectivity index (χ3n) is 9.84. The van der Waals surface area contributed by atoms with Crippen LogP contribution in [0.25, 0.3) is 110 Å². The van der Waals surface area contributed by atoms with Crippen molar-refractivity contribution in [1.29, 1.82) is 0 Å². The van der Waals surface area contributed by atoms with Crippen molar-refractivity contribution in [3.05, 3.63) is 206 Å². The smallest absolute Gasteiger partial charge is 0.138 e. The monoisotopic (exact) mass is 751 g/mol. The van der Waals surface area contributed by atoms with E-state index >= 15 is 0 Å². The maximum Gasteiger partial charge on any atom is 0.138 e. The van der Waals surface area contributed by atoms with Gasteiger partial charge in [0.1, 0.15) is 11.2 Å². The second-order valence-electron chi connectivity index (χ2n) is 12.9. The van der Waals surface area contributed by atoms with Gasteiger partial charge in [-0.25, -0.2) is 0 Å². The highest BCUT2D eigenvalue weighted by Gasteiger charge is 2.20. The highest BCUT2D eigenvalue weighted by molar-refractivity contribution is 6.15. The third kappa shape index (κ3) is 4.86. The minimum atomic E-state index is -1.02. The largest absolute Gasteiger partial charge is 0.456 e. The fraction of sp³-hybridized carbons (Fsp3) is 0. The molecule has 3 nitrogen and oxygen atoms in total. The summed E-state index contributed by atoms with van der Waals surface area (Å²) in [5.74, 6) is 0. The van der Waals surface area contributed by atoms with Gasteiger partial charge in [0, 0.05) is 43.9 Å². The van der Waals surface area contributed by atoms with Crippen LogP contribution >= 0.6 is 0 Å². The SMILES string of the molecule is [2H]c1c([2H])c([2H])c(-c2c([2H])c([2H])c([2H])c([2H])c2-n2c3c([2H])c([2H])c([2H])c([2H])c3c3c([2H])c(-c4c([2H])c([2H])c5c(c4[2H])c4c([2H])c([2H])c([2H])c([2H])c4n5-c4cc(-c5ccccc5)c5c(oc6c([2H])cccc65)c4[2H])c([2H])c([2H])c32)c([2H])c1[2H]. The van der Waals surface area contributed by atoms with Gasteiger partial charge < -0.3 is 13.6 Å². The number of fused-ring (bicyclic) bond motifs is 9. The van der Waals surface area contributed by atoms with Gasteiger partial charge in [-0.05, 0) is 82.2 Å². The first kappa shape index (κ1) is 15.9. The quantitative estimate of drug-likeness (QED) is 0.172. The van der Waals surface area contributed by atoms with Crippen LogP contribution in [0, 0.1) is 0 Å². The van der Waals surface area contributed by atoms with Crippen LogP contribution in [0.2, 0.25) is 0 Å². The summed E-state index contributed by atoms with van der Waals surface area (Å²) >= 11 is 0. The number of hydrogen-bond acceptors (Lipinski definition) is 1. The van der Waals surface area contributed by atoms with Crippen molar-refractivity contribution in [1.82, 2.24) is 9.13 Å². The van der Waals surface area contributed by atoms with Gasteiger partial charge in [0.05, 0.1) is 67.7 Å². The second kappa shape index (κ2) is 12.5. The second-order valence-corrected chi connectivity index (χ2v) is 12.9. The summed E-state index contributed by atoms with van der Waals surface area (Å²) in [7, 11) is 0. The molecule has 9 aromatic carbocycles.